The molecule has 0 atom stereocenters. The highest BCUT2D eigenvalue weighted by atomic mass is 16.6. The molecule has 1 amide bonds. The van der Waals surface area contributed by atoms with Crippen molar-refractivity contribution in [3.05, 3.63) is 68.5 Å². The van der Waals surface area contributed by atoms with Crippen molar-refractivity contribution < 1.29 is 14.6 Å². The van der Waals surface area contributed by atoms with Crippen molar-refractivity contribution >= 4 is 23.0 Å². The Hall–Kier alpha value is -3.36. The zero-order valence-electron chi connectivity index (χ0n) is 11.1. The van der Waals surface area contributed by atoms with Gasteiger partial charge in [-0.25, -0.2) is 0 Å². The highest BCUT2D eigenvalue weighted by Crippen LogP contribution is 2.25. The first-order valence-corrected chi connectivity index (χ1v) is 6.09. The maximum absolute atomic E-state index is 11.9. The maximum Gasteiger partial charge on any atom is 0.279 e. The molecule has 2 aromatic rings. The summed E-state index contributed by atoms with van der Waals surface area (Å²) >= 11 is 0. The van der Waals surface area contributed by atoms with E-state index in [-0.39, 0.29) is 12.0 Å². The standard InChI is InChI=1S/C13H10N4O5/c18-13(15-10-3-5-14-6-4-10)7-9-1-2-11(16(19)20)8-12(9)17(21)22/h1-6,8H,7H2,(H,14,15,18). The maximum atomic E-state index is 11.9. The number of hydrogen-bond acceptors (Lipinski definition) is 6. The van der Waals surface area contributed by atoms with Crippen LogP contribution in [0.3, 0.4) is 0 Å². The molecule has 0 bridgehead atoms. The van der Waals surface area contributed by atoms with Crippen molar-refractivity contribution in [2.45, 2.75) is 6.42 Å². The van der Waals surface area contributed by atoms with Gasteiger partial charge in [-0.05, 0) is 18.2 Å². The number of non-ortho nitro benzene ring substituents is 1. The Bertz CT molecular complexity index is 732. The topological polar surface area (TPSA) is 128 Å². The molecule has 22 heavy (non-hydrogen) atoms. The minimum absolute atomic E-state index is 0.0992. The zero-order chi connectivity index (χ0) is 16.1. The molecule has 0 aliphatic heterocycles. The van der Waals surface area contributed by atoms with Gasteiger partial charge in [-0.2, -0.15) is 0 Å². The number of nitrogens with zero attached hydrogens (tertiary/aromatic N) is 3. The van der Waals surface area contributed by atoms with Crippen LogP contribution in [0.5, 0.6) is 0 Å². The molecule has 0 unspecified atom stereocenters. The third-order valence-electron chi connectivity index (χ3n) is 2.79. The summed E-state index contributed by atoms with van der Waals surface area (Å²) in [4.78, 5) is 35.8. The number of hydrogen-bond donors (Lipinski definition) is 1. The number of pyridine rings is 1. The summed E-state index contributed by atoms with van der Waals surface area (Å²) in [6, 6.07) is 6.32. The van der Waals surface area contributed by atoms with Crippen LogP contribution in [0, 0.1) is 20.2 Å². The lowest BCUT2D eigenvalue weighted by molar-refractivity contribution is -0.394. The van der Waals surface area contributed by atoms with E-state index in [4.69, 9.17) is 0 Å². The van der Waals surface area contributed by atoms with Gasteiger partial charge in [0, 0.05) is 29.7 Å². The Kier molecular flexibility index (Phi) is 4.37. The van der Waals surface area contributed by atoms with Crippen LogP contribution in [0.2, 0.25) is 0 Å². The Morgan fingerprint density at radius 2 is 1.77 bits per heavy atom. The van der Waals surface area contributed by atoms with Gasteiger partial charge in [-0.3, -0.25) is 30.0 Å². The van der Waals surface area contributed by atoms with Crippen molar-refractivity contribution in [2.75, 3.05) is 5.32 Å². The molecule has 0 radical (unpaired) electrons. The molecular formula is C13H10N4O5. The van der Waals surface area contributed by atoms with Crippen molar-refractivity contribution in [1.29, 1.82) is 0 Å². The fraction of sp³-hybridized carbons (Fsp3) is 0.0769. The van der Waals surface area contributed by atoms with Gasteiger partial charge in [0.25, 0.3) is 11.4 Å². The average molecular weight is 302 g/mol. The van der Waals surface area contributed by atoms with Crippen LogP contribution in [0.25, 0.3) is 0 Å². The van der Waals surface area contributed by atoms with Crippen LogP contribution in [0.4, 0.5) is 17.1 Å². The van der Waals surface area contributed by atoms with Gasteiger partial charge in [0.2, 0.25) is 5.91 Å². The summed E-state index contributed by atoms with van der Waals surface area (Å²) in [5.41, 5.74) is -0.254. The van der Waals surface area contributed by atoms with Crippen molar-refractivity contribution in [3.63, 3.8) is 0 Å². The number of benzene rings is 1. The lowest BCUT2D eigenvalue weighted by Gasteiger charge is -2.05. The van der Waals surface area contributed by atoms with Gasteiger partial charge >= 0.3 is 0 Å². The predicted molar refractivity (Wildman–Crippen MR) is 76.3 cm³/mol. The third kappa shape index (κ3) is 3.60. The molecular weight excluding hydrogens is 292 g/mol. The summed E-state index contributed by atoms with van der Waals surface area (Å²) in [6.45, 7) is 0. The summed E-state index contributed by atoms with van der Waals surface area (Å²) in [7, 11) is 0. The van der Waals surface area contributed by atoms with E-state index < -0.39 is 27.1 Å². The highest BCUT2D eigenvalue weighted by Gasteiger charge is 2.21. The molecule has 2 rings (SSSR count). The van der Waals surface area contributed by atoms with E-state index in [0.717, 1.165) is 12.1 Å². The number of amides is 1. The molecule has 0 saturated carbocycles. The molecule has 0 saturated heterocycles. The number of nitro groups is 2. The number of anilines is 1. The second-order valence-corrected chi connectivity index (χ2v) is 4.29. The van der Waals surface area contributed by atoms with Crippen molar-refractivity contribution in [2.24, 2.45) is 0 Å². The number of carbonyl (C=O) groups is 1. The van der Waals surface area contributed by atoms with Gasteiger partial charge in [0.05, 0.1) is 22.3 Å². The number of aromatic nitrogens is 1. The lowest BCUT2D eigenvalue weighted by atomic mass is 10.1. The van der Waals surface area contributed by atoms with Crippen LogP contribution >= 0.6 is 0 Å². The van der Waals surface area contributed by atoms with Crippen LogP contribution < -0.4 is 5.32 Å². The molecule has 0 spiro atoms. The van der Waals surface area contributed by atoms with E-state index in [1.807, 2.05) is 0 Å². The first kappa shape index (κ1) is 15.0. The van der Waals surface area contributed by atoms with E-state index in [2.05, 4.69) is 10.3 Å². The fourth-order valence-corrected chi connectivity index (χ4v) is 1.80. The molecule has 9 heteroatoms. The quantitative estimate of drug-likeness (QED) is 0.665. The van der Waals surface area contributed by atoms with Crippen LogP contribution in [-0.4, -0.2) is 20.7 Å². The largest absolute Gasteiger partial charge is 0.326 e. The monoisotopic (exact) mass is 302 g/mol. The minimum atomic E-state index is -0.748. The average Bonchev–Trinajstić information content (AvgIpc) is 2.48. The number of rotatable bonds is 5. The molecule has 112 valence electrons. The van der Waals surface area contributed by atoms with Crippen LogP contribution in [0.15, 0.2) is 42.7 Å². The summed E-state index contributed by atoms with van der Waals surface area (Å²) in [5.74, 6) is -0.469. The van der Waals surface area contributed by atoms with E-state index in [1.165, 1.54) is 18.5 Å². The molecule has 0 fully saturated rings. The second-order valence-electron chi connectivity index (χ2n) is 4.29. The highest BCUT2D eigenvalue weighted by molar-refractivity contribution is 5.92. The van der Waals surface area contributed by atoms with E-state index in [1.54, 1.807) is 12.1 Å². The summed E-state index contributed by atoms with van der Waals surface area (Å²) in [5, 5.41) is 24.2. The van der Waals surface area contributed by atoms with E-state index >= 15 is 0 Å². The second kappa shape index (κ2) is 6.39. The summed E-state index contributed by atoms with van der Waals surface area (Å²) < 4.78 is 0. The van der Waals surface area contributed by atoms with Gasteiger partial charge < -0.3 is 5.32 Å². The number of carbonyl (C=O) groups excluding carboxylic acids is 1. The first-order valence-electron chi connectivity index (χ1n) is 6.09. The number of nitro benzene ring substituents is 2. The predicted octanol–water partition coefficient (Wildman–Crippen LogP) is 2.08. The van der Waals surface area contributed by atoms with Gasteiger partial charge in [0.15, 0.2) is 0 Å². The minimum Gasteiger partial charge on any atom is -0.326 e. The molecule has 1 heterocycles. The Balaban J connectivity index is 2.20. The Morgan fingerprint density at radius 3 is 2.36 bits per heavy atom. The van der Waals surface area contributed by atoms with E-state index in [0.29, 0.717) is 5.69 Å². The van der Waals surface area contributed by atoms with Gasteiger partial charge in [0.1, 0.15) is 0 Å². The fourth-order valence-electron chi connectivity index (χ4n) is 1.80. The SMILES string of the molecule is O=C(Cc1ccc([N+](=O)[O-])cc1[N+](=O)[O-])Nc1ccncc1. The Morgan fingerprint density at radius 1 is 1.09 bits per heavy atom. The number of nitrogens with one attached hydrogen (secondary N) is 1. The van der Waals surface area contributed by atoms with Crippen molar-refractivity contribution in [1.82, 2.24) is 4.98 Å². The smallest absolute Gasteiger partial charge is 0.279 e. The molecule has 1 N–H and O–H groups in total. The summed E-state index contributed by atoms with van der Waals surface area (Å²) in [6.07, 6.45) is 2.71. The molecule has 1 aromatic carbocycles. The van der Waals surface area contributed by atoms with Gasteiger partial charge in [-0.1, -0.05) is 0 Å². The van der Waals surface area contributed by atoms with Crippen LogP contribution in [0.1, 0.15) is 5.56 Å². The first-order chi connectivity index (χ1) is 10.5. The molecule has 0 aliphatic carbocycles. The van der Waals surface area contributed by atoms with Gasteiger partial charge in [-0.15, -0.1) is 0 Å². The van der Waals surface area contributed by atoms with Crippen LogP contribution in [-0.2, 0) is 11.2 Å². The zero-order valence-corrected chi connectivity index (χ0v) is 11.1. The van der Waals surface area contributed by atoms with E-state index in [9.17, 15) is 25.0 Å². The van der Waals surface area contributed by atoms with Crippen molar-refractivity contribution in [3.8, 4) is 0 Å². The molecule has 1 aromatic heterocycles. The third-order valence-corrected chi connectivity index (χ3v) is 2.79. The molecule has 0 aliphatic rings. The lowest BCUT2D eigenvalue weighted by Crippen LogP contribution is -2.15. The molecule has 9 nitrogen and oxygen atoms in total. The normalized spacial score (nSPS) is 10.0. The Labute approximate surface area is 123 Å².